The fourth-order valence-electron chi connectivity index (χ4n) is 2.87. The Bertz CT molecular complexity index is 1230. The summed E-state index contributed by atoms with van der Waals surface area (Å²) in [6, 6.07) is 5.08. The molecular formula is C17H13N3O5S. The molecule has 0 fully saturated rings. The molecule has 0 saturated heterocycles. The van der Waals surface area contributed by atoms with E-state index in [1.807, 2.05) is 0 Å². The predicted octanol–water partition coefficient (Wildman–Crippen LogP) is 2.79. The highest BCUT2D eigenvalue weighted by Crippen LogP contribution is 2.31. The molecular weight excluding hydrogens is 358 g/mol. The summed E-state index contributed by atoms with van der Waals surface area (Å²) in [6.07, 6.45) is 0.696. The molecule has 26 heavy (non-hydrogen) atoms. The molecule has 4 aromatic rings. The molecule has 0 radical (unpaired) electrons. The fourth-order valence-corrected chi connectivity index (χ4v) is 3.90. The molecule has 0 aliphatic carbocycles. The highest BCUT2D eigenvalue weighted by molar-refractivity contribution is 7.19. The van der Waals surface area contributed by atoms with Crippen LogP contribution in [-0.2, 0) is 4.74 Å². The van der Waals surface area contributed by atoms with Crippen LogP contribution >= 0.6 is 11.3 Å². The second kappa shape index (κ2) is 5.95. The lowest BCUT2D eigenvalue weighted by molar-refractivity contribution is 0.0530. The summed E-state index contributed by atoms with van der Waals surface area (Å²) in [7, 11) is 0. The lowest BCUT2D eigenvalue weighted by Gasteiger charge is -2.02. The van der Waals surface area contributed by atoms with Crippen LogP contribution in [0, 0.1) is 6.92 Å². The van der Waals surface area contributed by atoms with Gasteiger partial charge in [0.2, 0.25) is 0 Å². The number of rotatable bonds is 4. The van der Waals surface area contributed by atoms with Gasteiger partial charge in [-0.3, -0.25) is 14.2 Å². The van der Waals surface area contributed by atoms with Crippen LogP contribution in [-0.4, -0.2) is 33.2 Å². The van der Waals surface area contributed by atoms with Crippen LogP contribution in [0.2, 0.25) is 0 Å². The molecule has 0 unspecified atom stereocenters. The van der Waals surface area contributed by atoms with Gasteiger partial charge in [-0.2, -0.15) is 0 Å². The zero-order valence-corrected chi connectivity index (χ0v) is 14.7. The second-order valence-corrected chi connectivity index (χ2v) is 6.52. The number of nitrogens with zero attached hydrogens (tertiary/aromatic N) is 2. The van der Waals surface area contributed by atoms with Crippen molar-refractivity contribution in [2.45, 2.75) is 13.8 Å². The van der Waals surface area contributed by atoms with Crippen molar-refractivity contribution in [2.75, 3.05) is 6.61 Å². The molecule has 1 aromatic carbocycles. The summed E-state index contributed by atoms with van der Waals surface area (Å²) in [6.45, 7) is 3.74. The van der Waals surface area contributed by atoms with Crippen LogP contribution in [0.15, 0.2) is 27.4 Å². The lowest BCUT2D eigenvalue weighted by atomic mass is 10.1. The van der Waals surface area contributed by atoms with E-state index < -0.39 is 11.7 Å². The number of H-pyrrole nitrogens is 1. The first-order valence-electron chi connectivity index (χ1n) is 7.81. The van der Waals surface area contributed by atoms with E-state index >= 15 is 0 Å². The van der Waals surface area contributed by atoms with E-state index in [0.29, 0.717) is 49.9 Å². The number of esters is 1. The third-order valence-corrected chi connectivity index (χ3v) is 5.13. The molecule has 3 heterocycles. The van der Waals surface area contributed by atoms with Gasteiger partial charge in [-0.1, -0.05) is 17.4 Å². The van der Waals surface area contributed by atoms with Gasteiger partial charge in [-0.05, 0) is 26.0 Å². The summed E-state index contributed by atoms with van der Waals surface area (Å²) >= 11 is 1.16. The number of fused-ring (bicyclic) bond motifs is 2. The van der Waals surface area contributed by atoms with Crippen molar-refractivity contribution < 1.29 is 18.7 Å². The molecule has 4 rings (SSSR count). The van der Waals surface area contributed by atoms with Gasteiger partial charge in [0.25, 0.3) is 0 Å². The van der Waals surface area contributed by atoms with Gasteiger partial charge < -0.3 is 9.15 Å². The Morgan fingerprint density at radius 2 is 2.27 bits per heavy atom. The molecule has 9 heteroatoms. The van der Waals surface area contributed by atoms with E-state index in [4.69, 9.17) is 9.15 Å². The standard InChI is InChI=1S/C17H13N3O5S/c1-3-24-15(22)14-8(2)20-11(7-21)13(19-16(20)26-14)9-4-5-10-12(6-9)25-17(23)18-10/h4-7H,3H2,1-2H3,(H,18,23). The number of benzene rings is 1. The van der Waals surface area contributed by atoms with Crippen LogP contribution in [0.5, 0.6) is 0 Å². The Morgan fingerprint density at radius 3 is 3.00 bits per heavy atom. The van der Waals surface area contributed by atoms with E-state index in [-0.39, 0.29) is 6.61 Å². The zero-order chi connectivity index (χ0) is 18.4. The summed E-state index contributed by atoms with van der Waals surface area (Å²) in [5, 5.41) is 0. The van der Waals surface area contributed by atoms with Gasteiger partial charge in [0.05, 0.1) is 12.1 Å². The number of imidazole rings is 1. The molecule has 0 aliphatic rings. The maximum atomic E-state index is 12.0. The molecule has 0 aliphatic heterocycles. The zero-order valence-electron chi connectivity index (χ0n) is 13.9. The fraction of sp³-hybridized carbons (Fsp3) is 0.176. The van der Waals surface area contributed by atoms with E-state index in [9.17, 15) is 14.4 Å². The number of aldehydes is 1. The lowest BCUT2D eigenvalue weighted by Crippen LogP contribution is -2.05. The number of aromatic nitrogens is 3. The number of nitrogens with one attached hydrogen (secondary N) is 1. The van der Waals surface area contributed by atoms with E-state index in [2.05, 4.69) is 9.97 Å². The molecule has 0 saturated carbocycles. The van der Waals surface area contributed by atoms with Gasteiger partial charge in [0, 0.05) is 11.3 Å². The van der Waals surface area contributed by atoms with Crippen molar-refractivity contribution in [1.82, 2.24) is 14.4 Å². The Hall–Kier alpha value is -3.20. The SMILES string of the molecule is CCOC(=O)c1sc2nc(-c3ccc4[nH]c(=O)oc4c3)c(C=O)n2c1C. The summed E-state index contributed by atoms with van der Waals surface area (Å²) < 4.78 is 11.7. The molecule has 0 bridgehead atoms. The van der Waals surface area contributed by atoms with Crippen molar-refractivity contribution in [3.05, 3.63) is 45.0 Å². The van der Waals surface area contributed by atoms with Gasteiger partial charge in [-0.25, -0.2) is 14.6 Å². The number of hydrogen-bond acceptors (Lipinski definition) is 7. The Kier molecular flexibility index (Phi) is 3.73. The van der Waals surface area contributed by atoms with Crippen molar-refractivity contribution in [2.24, 2.45) is 0 Å². The van der Waals surface area contributed by atoms with Crippen molar-refractivity contribution in [3.8, 4) is 11.3 Å². The first kappa shape index (κ1) is 16.3. The van der Waals surface area contributed by atoms with Crippen LogP contribution in [0.25, 0.3) is 27.3 Å². The Labute approximate surface area is 150 Å². The Balaban J connectivity index is 1.91. The second-order valence-electron chi connectivity index (χ2n) is 5.54. The molecule has 0 amide bonds. The van der Waals surface area contributed by atoms with Crippen molar-refractivity contribution in [3.63, 3.8) is 0 Å². The normalized spacial score (nSPS) is 11.3. The third kappa shape index (κ3) is 2.36. The maximum absolute atomic E-state index is 12.0. The largest absolute Gasteiger partial charge is 0.462 e. The highest BCUT2D eigenvalue weighted by atomic mass is 32.1. The maximum Gasteiger partial charge on any atom is 0.417 e. The summed E-state index contributed by atoms with van der Waals surface area (Å²) in [5.74, 6) is -0.983. The molecule has 0 atom stereocenters. The minimum Gasteiger partial charge on any atom is -0.462 e. The van der Waals surface area contributed by atoms with Gasteiger partial charge in [-0.15, -0.1) is 0 Å². The van der Waals surface area contributed by atoms with Crippen LogP contribution in [0.1, 0.15) is 32.8 Å². The number of aromatic amines is 1. The topological polar surface area (TPSA) is 107 Å². The molecule has 0 spiro atoms. The summed E-state index contributed by atoms with van der Waals surface area (Å²) in [4.78, 5) is 43.1. The minimum absolute atomic E-state index is 0.270. The Morgan fingerprint density at radius 1 is 1.46 bits per heavy atom. The number of ether oxygens (including phenoxy) is 1. The average Bonchev–Trinajstić information content (AvgIpc) is 3.25. The van der Waals surface area contributed by atoms with Crippen LogP contribution in [0.3, 0.4) is 0 Å². The number of thiazole rings is 1. The number of oxazole rings is 1. The van der Waals surface area contributed by atoms with E-state index in [1.54, 1.807) is 36.4 Å². The highest BCUT2D eigenvalue weighted by Gasteiger charge is 2.23. The smallest absolute Gasteiger partial charge is 0.417 e. The van der Waals surface area contributed by atoms with Crippen LogP contribution in [0.4, 0.5) is 0 Å². The van der Waals surface area contributed by atoms with Gasteiger partial charge in [0.15, 0.2) is 16.8 Å². The average molecular weight is 371 g/mol. The number of aryl methyl sites for hydroxylation is 1. The quantitative estimate of drug-likeness (QED) is 0.437. The third-order valence-electron chi connectivity index (χ3n) is 4.01. The van der Waals surface area contributed by atoms with Crippen LogP contribution < -0.4 is 5.76 Å². The molecule has 3 aromatic heterocycles. The van der Waals surface area contributed by atoms with E-state index in [1.165, 1.54) is 0 Å². The molecule has 132 valence electrons. The monoisotopic (exact) mass is 371 g/mol. The summed E-state index contributed by atoms with van der Waals surface area (Å²) in [5.41, 5.74) is 2.95. The first-order valence-corrected chi connectivity index (χ1v) is 8.62. The molecule has 1 N–H and O–H groups in total. The predicted molar refractivity (Wildman–Crippen MR) is 95.0 cm³/mol. The minimum atomic E-state index is -0.548. The van der Waals surface area contributed by atoms with Gasteiger partial charge in [0.1, 0.15) is 16.3 Å². The number of hydrogen-bond donors (Lipinski definition) is 1. The van der Waals surface area contributed by atoms with E-state index in [0.717, 1.165) is 11.3 Å². The van der Waals surface area contributed by atoms with Crippen molar-refractivity contribution >= 4 is 39.7 Å². The van der Waals surface area contributed by atoms with Gasteiger partial charge >= 0.3 is 11.7 Å². The number of carbonyl (C=O) groups excluding carboxylic acids is 2. The number of carbonyl (C=O) groups is 2. The first-order chi connectivity index (χ1) is 12.5. The van der Waals surface area contributed by atoms with Crippen molar-refractivity contribution in [1.29, 1.82) is 0 Å². The molecule has 8 nitrogen and oxygen atoms in total.